The molecular formula is C17H22F2O. The molecule has 0 amide bonds. The largest absolute Gasteiger partial charge is 0.490 e. The van der Waals surface area contributed by atoms with E-state index >= 15 is 0 Å². The van der Waals surface area contributed by atoms with E-state index in [1.54, 1.807) is 12.1 Å². The van der Waals surface area contributed by atoms with E-state index in [4.69, 9.17) is 4.74 Å². The summed E-state index contributed by atoms with van der Waals surface area (Å²) in [7, 11) is 0. The van der Waals surface area contributed by atoms with Gasteiger partial charge < -0.3 is 4.74 Å². The molecule has 1 aromatic carbocycles. The van der Waals surface area contributed by atoms with Crippen molar-refractivity contribution in [3.05, 3.63) is 29.3 Å². The molecule has 0 heterocycles. The van der Waals surface area contributed by atoms with Gasteiger partial charge in [-0.05, 0) is 42.7 Å². The van der Waals surface area contributed by atoms with Gasteiger partial charge in [-0.1, -0.05) is 38.2 Å². The Labute approximate surface area is 119 Å². The molecule has 2 saturated carbocycles. The van der Waals surface area contributed by atoms with E-state index in [-0.39, 0.29) is 11.7 Å². The summed E-state index contributed by atoms with van der Waals surface area (Å²) in [5.74, 6) is -0.522. The highest BCUT2D eigenvalue weighted by Crippen LogP contribution is 2.39. The molecule has 0 unspecified atom stereocenters. The second-order valence-corrected chi connectivity index (χ2v) is 6.20. The summed E-state index contributed by atoms with van der Waals surface area (Å²) in [6.07, 6.45) is 9.10. The number of hydrogen-bond acceptors (Lipinski definition) is 1. The van der Waals surface area contributed by atoms with Gasteiger partial charge in [0.25, 0.3) is 0 Å². The van der Waals surface area contributed by atoms with Gasteiger partial charge in [0.2, 0.25) is 5.82 Å². The van der Waals surface area contributed by atoms with E-state index < -0.39 is 11.6 Å². The first-order chi connectivity index (χ1) is 9.75. The van der Waals surface area contributed by atoms with Crippen LogP contribution in [0.2, 0.25) is 0 Å². The Hall–Kier alpha value is -1.12. The Kier molecular flexibility index (Phi) is 4.23. The van der Waals surface area contributed by atoms with Crippen LogP contribution in [-0.2, 0) is 0 Å². The highest BCUT2D eigenvalue weighted by Gasteiger charge is 2.25. The van der Waals surface area contributed by atoms with Gasteiger partial charge in [-0.3, -0.25) is 0 Å². The van der Waals surface area contributed by atoms with Crippen LogP contribution in [0.1, 0.15) is 62.8 Å². The van der Waals surface area contributed by atoms with Crippen LogP contribution in [0.3, 0.4) is 0 Å². The van der Waals surface area contributed by atoms with Crippen LogP contribution in [0.25, 0.3) is 0 Å². The van der Waals surface area contributed by atoms with Crippen LogP contribution in [0, 0.1) is 17.6 Å². The fraction of sp³-hybridized carbons (Fsp3) is 0.647. The third-order valence-electron chi connectivity index (χ3n) is 4.88. The molecule has 1 nitrogen and oxygen atoms in total. The van der Waals surface area contributed by atoms with Crippen molar-refractivity contribution < 1.29 is 13.5 Å². The Morgan fingerprint density at radius 3 is 2.35 bits per heavy atom. The fourth-order valence-electron chi connectivity index (χ4n) is 3.33. The first kappa shape index (κ1) is 13.8. The van der Waals surface area contributed by atoms with Crippen molar-refractivity contribution in [3.63, 3.8) is 0 Å². The normalized spacial score (nSPS) is 20.1. The van der Waals surface area contributed by atoms with Gasteiger partial charge in [0.15, 0.2) is 11.6 Å². The number of rotatable bonds is 5. The standard InChI is InChI=1S/C17H22F2O/c18-16-14(13-6-3-7-13)8-9-15(17(16)19)20-11-10-12-4-1-2-5-12/h8-9,12-13H,1-7,10-11H2. The minimum Gasteiger partial charge on any atom is -0.490 e. The zero-order valence-electron chi connectivity index (χ0n) is 11.8. The van der Waals surface area contributed by atoms with E-state index in [0.29, 0.717) is 18.1 Å². The second-order valence-electron chi connectivity index (χ2n) is 6.20. The Morgan fingerprint density at radius 2 is 1.70 bits per heavy atom. The minimum atomic E-state index is -0.805. The zero-order chi connectivity index (χ0) is 13.9. The van der Waals surface area contributed by atoms with Crippen molar-refractivity contribution in [2.75, 3.05) is 6.61 Å². The van der Waals surface area contributed by atoms with Gasteiger partial charge in [0.05, 0.1) is 6.61 Å². The highest BCUT2D eigenvalue weighted by molar-refractivity contribution is 5.33. The SMILES string of the molecule is Fc1c(OCCC2CCCC2)ccc(C2CCC2)c1F. The van der Waals surface area contributed by atoms with Crippen LogP contribution in [-0.4, -0.2) is 6.61 Å². The number of hydrogen-bond donors (Lipinski definition) is 0. The van der Waals surface area contributed by atoms with Gasteiger partial charge in [0, 0.05) is 0 Å². The molecule has 0 radical (unpaired) electrons. The molecule has 0 spiro atoms. The average Bonchev–Trinajstić information content (AvgIpc) is 2.88. The van der Waals surface area contributed by atoms with E-state index in [2.05, 4.69) is 0 Å². The van der Waals surface area contributed by atoms with Crippen LogP contribution in [0.15, 0.2) is 12.1 Å². The number of ether oxygens (including phenoxy) is 1. The minimum absolute atomic E-state index is 0.0728. The van der Waals surface area contributed by atoms with E-state index in [0.717, 1.165) is 25.7 Å². The molecular weight excluding hydrogens is 258 g/mol. The number of benzene rings is 1. The predicted octanol–water partition coefficient (Wildman–Crippen LogP) is 5.19. The maximum Gasteiger partial charge on any atom is 0.200 e. The average molecular weight is 280 g/mol. The summed E-state index contributed by atoms with van der Waals surface area (Å²) < 4.78 is 33.4. The lowest BCUT2D eigenvalue weighted by atomic mass is 9.80. The van der Waals surface area contributed by atoms with Gasteiger partial charge in [0.1, 0.15) is 0 Å². The first-order valence-electron chi connectivity index (χ1n) is 7.86. The van der Waals surface area contributed by atoms with Gasteiger partial charge in [-0.15, -0.1) is 0 Å². The summed E-state index contributed by atoms with van der Waals surface area (Å²) in [4.78, 5) is 0. The lowest BCUT2D eigenvalue weighted by Gasteiger charge is -2.26. The lowest BCUT2D eigenvalue weighted by molar-refractivity contribution is 0.262. The fourth-order valence-corrected chi connectivity index (χ4v) is 3.33. The van der Waals surface area contributed by atoms with E-state index in [1.165, 1.54) is 25.7 Å². The molecule has 2 aliphatic carbocycles. The van der Waals surface area contributed by atoms with Crippen molar-refractivity contribution in [1.82, 2.24) is 0 Å². The zero-order valence-corrected chi connectivity index (χ0v) is 11.8. The van der Waals surface area contributed by atoms with E-state index in [9.17, 15) is 8.78 Å². The summed E-state index contributed by atoms with van der Waals surface area (Å²) >= 11 is 0. The van der Waals surface area contributed by atoms with Crippen LogP contribution in [0.5, 0.6) is 5.75 Å². The molecule has 2 aliphatic rings. The molecule has 110 valence electrons. The molecule has 3 heteroatoms. The second kappa shape index (κ2) is 6.11. The quantitative estimate of drug-likeness (QED) is 0.721. The molecule has 0 bridgehead atoms. The molecule has 2 fully saturated rings. The van der Waals surface area contributed by atoms with Crippen molar-refractivity contribution in [3.8, 4) is 5.75 Å². The summed E-state index contributed by atoms with van der Waals surface area (Å²) in [6.45, 7) is 0.490. The predicted molar refractivity (Wildman–Crippen MR) is 75.0 cm³/mol. The van der Waals surface area contributed by atoms with Gasteiger partial charge in [-0.25, -0.2) is 4.39 Å². The van der Waals surface area contributed by atoms with Crippen molar-refractivity contribution >= 4 is 0 Å². The monoisotopic (exact) mass is 280 g/mol. The smallest absolute Gasteiger partial charge is 0.200 e. The molecule has 0 atom stereocenters. The summed E-state index contributed by atoms with van der Waals surface area (Å²) in [5, 5.41) is 0. The molecule has 3 rings (SSSR count). The molecule has 20 heavy (non-hydrogen) atoms. The van der Waals surface area contributed by atoms with Gasteiger partial charge >= 0.3 is 0 Å². The number of halogens is 2. The van der Waals surface area contributed by atoms with Crippen molar-refractivity contribution in [2.45, 2.75) is 57.3 Å². The molecule has 0 aromatic heterocycles. The molecule has 0 aliphatic heterocycles. The first-order valence-corrected chi connectivity index (χ1v) is 7.86. The maximum atomic E-state index is 14.0. The summed E-state index contributed by atoms with van der Waals surface area (Å²) in [5.41, 5.74) is 0.525. The van der Waals surface area contributed by atoms with Crippen LogP contribution < -0.4 is 4.74 Å². The maximum absolute atomic E-state index is 14.0. The van der Waals surface area contributed by atoms with Crippen LogP contribution >= 0.6 is 0 Å². The van der Waals surface area contributed by atoms with E-state index in [1.807, 2.05) is 0 Å². The van der Waals surface area contributed by atoms with Crippen molar-refractivity contribution in [1.29, 1.82) is 0 Å². The van der Waals surface area contributed by atoms with Gasteiger partial charge in [-0.2, -0.15) is 4.39 Å². The third kappa shape index (κ3) is 2.82. The molecule has 1 aromatic rings. The topological polar surface area (TPSA) is 9.23 Å². The molecule has 0 N–H and O–H groups in total. The summed E-state index contributed by atoms with van der Waals surface area (Å²) in [6, 6.07) is 3.30. The highest BCUT2D eigenvalue weighted by atomic mass is 19.2. The Bertz CT molecular complexity index is 462. The van der Waals surface area contributed by atoms with Crippen LogP contribution in [0.4, 0.5) is 8.78 Å². The lowest BCUT2D eigenvalue weighted by Crippen LogP contribution is -2.12. The Balaban J connectivity index is 1.59. The molecule has 0 saturated heterocycles. The Morgan fingerprint density at radius 1 is 0.950 bits per heavy atom. The van der Waals surface area contributed by atoms with Crippen molar-refractivity contribution in [2.24, 2.45) is 5.92 Å². The third-order valence-corrected chi connectivity index (χ3v) is 4.88.